The third-order valence-electron chi connectivity index (χ3n) is 4.63. The predicted molar refractivity (Wildman–Crippen MR) is 115 cm³/mol. The van der Waals surface area contributed by atoms with Gasteiger partial charge in [-0.15, -0.1) is 0 Å². The smallest absolute Gasteiger partial charge is 0.256 e. The average Bonchev–Trinajstić information content (AvgIpc) is 2.74. The lowest BCUT2D eigenvalue weighted by molar-refractivity contribution is 0.102. The van der Waals surface area contributed by atoms with Crippen molar-refractivity contribution in [1.82, 2.24) is 4.98 Å². The number of ether oxygens (including phenoxy) is 1. The van der Waals surface area contributed by atoms with E-state index in [1.54, 1.807) is 7.11 Å². The minimum absolute atomic E-state index is 0.347. The van der Waals surface area contributed by atoms with E-state index in [2.05, 4.69) is 10.3 Å². The number of carbonyl (C=O) groups is 1. The van der Waals surface area contributed by atoms with Crippen LogP contribution < -0.4 is 10.1 Å². The number of aromatic nitrogens is 1. The van der Waals surface area contributed by atoms with Gasteiger partial charge in [-0.3, -0.25) is 4.79 Å². The minimum Gasteiger partial charge on any atom is -0.497 e. The van der Waals surface area contributed by atoms with Gasteiger partial charge in [-0.1, -0.05) is 42.5 Å². The zero-order valence-electron chi connectivity index (χ0n) is 15.5. The van der Waals surface area contributed by atoms with Crippen molar-refractivity contribution in [1.29, 1.82) is 0 Å². The molecule has 29 heavy (non-hydrogen) atoms. The van der Waals surface area contributed by atoms with Crippen LogP contribution in [0.3, 0.4) is 0 Å². The molecule has 1 amide bonds. The number of pyridine rings is 1. The molecule has 2 N–H and O–H groups in total. The van der Waals surface area contributed by atoms with E-state index in [1.807, 2.05) is 48.5 Å². The monoisotopic (exact) mass is 404 g/mol. The van der Waals surface area contributed by atoms with Crippen molar-refractivity contribution in [3.05, 3.63) is 88.7 Å². The average molecular weight is 404 g/mol. The summed E-state index contributed by atoms with van der Waals surface area (Å²) in [6.07, 6.45) is 0. The van der Waals surface area contributed by atoms with Gasteiger partial charge in [-0.2, -0.15) is 0 Å². The van der Waals surface area contributed by atoms with E-state index in [0.29, 0.717) is 21.5 Å². The summed E-state index contributed by atoms with van der Waals surface area (Å²) in [5.41, 5.74) is 2.70. The molecule has 0 saturated carbocycles. The van der Waals surface area contributed by atoms with Crippen LogP contribution in [0.5, 0.6) is 5.75 Å². The van der Waals surface area contributed by atoms with Gasteiger partial charge in [0, 0.05) is 22.0 Å². The molecule has 144 valence electrons. The van der Waals surface area contributed by atoms with Crippen molar-refractivity contribution in [2.75, 3.05) is 12.4 Å². The minimum atomic E-state index is -0.398. The Bertz CT molecular complexity index is 1250. The van der Waals surface area contributed by atoms with Crippen molar-refractivity contribution >= 4 is 34.8 Å². The van der Waals surface area contributed by atoms with Gasteiger partial charge in [0.15, 0.2) is 0 Å². The van der Waals surface area contributed by atoms with Gasteiger partial charge in [0.1, 0.15) is 17.4 Å². The third-order valence-corrected chi connectivity index (χ3v) is 5.06. The van der Waals surface area contributed by atoms with Gasteiger partial charge >= 0.3 is 0 Å². The van der Waals surface area contributed by atoms with Crippen LogP contribution in [0.1, 0.15) is 10.4 Å². The number of anilines is 1. The number of methoxy groups -OCH3 is 1. The highest BCUT2D eigenvalue weighted by molar-refractivity contribution is 7.71. The predicted octanol–water partition coefficient (Wildman–Crippen LogP) is 5.96. The van der Waals surface area contributed by atoms with E-state index >= 15 is 0 Å². The lowest BCUT2D eigenvalue weighted by atomic mass is 10.0. The third kappa shape index (κ3) is 3.75. The summed E-state index contributed by atoms with van der Waals surface area (Å²) in [6.45, 7) is 0. The Morgan fingerprint density at radius 3 is 2.38 bits per heavy atom. The second-order valence-corrected chi connectivity index (χ2v) is 6.85. The number of para-hydroxylation sites is 1. The highest BCUT2D eigenvalue weighted by Crippen LogP contribution is 2.33. The summed E-state index contributed by atoms with van der Waals surface area (Å²) < 4.78 is 19.0. The molecule has 0 saturated heterocycles. The van der Waals surface area contributed by atoms with Crippen LogP contribution >= 0.6 is 12.2 Å². The Balaban J connectivity index is 1.85. The summed E-state index contributed by atoms with van der Waals surface area (Å²) in [5.74, 6) is 0.445. The van der Waals surface area contributed by atoms with Gasteiger partial charge in [0.25, 0.3) is 5.91 Å². The van der Waals surface area contributed by atoms with Gasteiger partial charge in [0.05, 0.1) is 11.6 Å². The maximum atomic E-state index is 13.2. The van der Waals surface area contributed by atoms with Crippen LogP contribution in [-0.2, 0) is 0 Å². The Morgan fingerprint density at radius 1 is 1.00 bits per heavy atom. The maximum absolute atomic E-state index is 13.2. The molecule has 1 heterocycles. The summed E-state index contributed by atoms with van der Waals surface area (Å²) in [7, 11) is 1.60. The molecule has 0 atom stereocenters. The molecule has 0 aliphatic rings. The molecule has 6 heteroatoms. The van der Waals surface area contributed by atoms with Gasteiger partial charge in [0.2, 0.25) is 0 Å². The standard InChI is InChI=1S/C23H17FN2O2S/c1-28-17-12-8-14(9-13-17)20-21(29)18-4-2-3-5-19(18)25-22(20)26-23(27)15-6-10-16(24)11-7-15/h2-13H,1H3,(H2,25,26,27,29). The quantitative estimate of drug-likeness (QED) is 0.412. The number of H-pyrrole nitrogens is 1. The fourth-order valence-electron chi connectivity index (χ4n) is 3.15. The molecule has 4 rings (SSSR count). The number of rotatable bonds is 4. The molecule has 0 radical (unpaired) electrons. The highest BCUT2D eigenvalue weighted by atomic mass is 32.1. The normalized spacial score (nSPS) is 10.7. The Kier molecular flexibility index (Phi) is 5.10. The van der Waals surface area contributed by atoms with Crippen molar-refractivity contribution in [3.63, 3.8) is 0 Å². The van der Waals surface area contributed by atoms with E-state index in [-0.39, 0.29) is 5.91 Å². The number of benzene rings is 3. The first-order valence-electron chi connectivity index (χ1n) is 8.93. The van der Waals surface area contributed by atoms with Gasteiger partial charge in [-0.05, 0) is 48.0 Å². The van der Waals surface area contributed by atoms with E-state index in [4.69, 9.17) is 17.0 Å². The molecule has 0 aliphatic heterocycles. The molecular weight excluding hydrogens is 387 g/mol. The lowest BCUT2D eigenvalue weighted by Crippen LogP contribution is -2.14. The van der Waals surface area contributed by atoms with Gasteiger partial charge in [-0.25, -0.2) is 4.39 Å². The van der Waals surface area contributed by atoms with Crippen molar-refractivity contribution < 1.29 is 13.9 Å². The molecule has 1 aromatic heterocycles. The zero-order chi connectivity index (χ0) is 20.4. The van der Waals surface area contributed by atoms with Crippen LogP contribution in [0.2, 0.25) is 0 Å². The topological polar surface area (TPSA) is 54.1 Å². The number of carbonyl (C=O) groups excluding carboxylic acids is 1. The molecule has 0 bridgehead atoms. The number of hydrogen-bond acceptors (Lipinski definition) is 3. The lowest BCUT2D eigenvalue weighted by Gasteiger charge is -2.14. The Labute approximate surface area is 172 Å². The Morgan fingerprint density at radius 2 is 1.69 bits per heavy atom. The second kappa shape index (κ2) is 7.85. The van der Waals surface area contributed by atoms with Crippen molar-refractivity contribution in [2.24, 2.45) is 0 Å². The van der Waals surface area contributed by atoms with Gasteiger partial charge < -0.3 is 15.0 Å². The molecule has 4 aromatic rings. The largest absolute Gasteiger partial charge is 0.497 e. The molecule has 0 unspecified atom stereocenters. The van der Waals surface area contributed by atoms with Crippen LogP contribution in [0.25, 0.3) is 22.0 Å². The van der Waals surface area contributed by atoms with E-state index < -0.39 is 5.82 Å². The van der Waals surface area contributed by atoms with Crippen LogP contribution in [0.4, 0.5) is 10.2 Å². The van der Waals surface area contributed by atoms with Crippen molar-refractivity contribution in [3.8, 4) is 16.9 Å². The molecule has 0 fully saturated rings. The number of hydrogen-bond donors (Lipinski definition) is 2. The first-order valence-corrected chi connectivity index (χ1v) is 9.34. The first kappa shape index (κ1) is 18.8. The molecule has 4 nitrogen and oxygen atoms in total. The molecule has 0 aliphatic carbocycles. The second-order valence-electron chi connectivity index (χ2n) is 6.44. The maximum Gasteiger partial charge on any atom is 0.256 e. The SMILES string of the molecule is COc1ccc(-c2c(NC(=O)c3ccc(F)cc3)[nH]c3ccccc3c2=S)cc1. The summed E-state index contributed by atoms with van der Waals surface area (Å²) >= 11 is 5.76. The summed E-state index contributed by atoms with van der Waals surface area (Å²) in [5, 5.41) is 3.77. The van der Waals surface area contributed by atoms with Crippen LogP contribution in [0, 0.1) is 10.3 Å². The van der Waals surface area contributed by atoms with E-state index in [0.717, 1.165) is 22.2 Å². The zero-order valence-corrected chi connectivity index (χ0v) is 16.3. The van der Waals surface area contributed by atoms with Crippen molar-refractivity contribution in [2.45, 2.75) is 0 Å². The fraction of sp³-hybridized carbons (Fsp3) is 0.0435. The van der Waals surface area contributed by atoms with E-state index in [9.17, 15) is 9.18 Å². The molecule has 0 spiro atoms. The molecule has 3 aromatic carbocycles. The number of amides is 1. The summed E-state index contributed by atoms with van der Waals surface area (Å²) in [6, 6.07) is 20.5. The number of nitrogens with one attached hydrogen (secondary N) is 2. The number of fused-ring (bicyclic) bond motifs is 1. The van der Waals surface area contributed by atoms with Crippen LogP contribution in [-0.4, -0.2) is 18.0 Å². The fourth-order valence-corrected chi connectivity index (χ4v) is 3.55. The number of aromatic amines is 1. The first-order chi connectivity index (χ1) is 14.1. The molecular formula is C23H17FN2O2S. The summed E-state index contributed by atoms with van der Waals surface area (Å²) in [4.78, 5) is 16.0. The van der Waals surface area contributed by atoms with Crippen LogP contribution in [0.15, 0.2) is 72.8 Å². The Hall–Kier alpha value is -3.51. The highest BCUT2D eigenvalue weighted by Gasteiger charge is 2.15. The number of halogens is 1. The van der Waals surface area contributed by atoms with E-state index in [1.165, 1.54) is 24.3 Å².